The highest BCUT2D eigenvalue weighted by atomic mass is 16.6. The summed E-state index contributed by atoms with van der Waals surface area (Å²) in [6.07, 6.45) is 4.70. The van der Waals surface area contributed by atoms with E-state index in [4.69, 9.17) is 19.9 Å². The molecule has 0 unspecified atom stereocenters. The van der Waals surface area contributed by atoms with Gasteiger partial charge in [0.05, 0.1) is 13.2 Å². The van der Waals surface area contributed by atoms with Crippen LogP contribution in [-0.4, -0.2) is 30.1 Å². The minimum Gasteiger partial charge on any atom is -0.489 e. The Balaban J connectivity index is 2.13. The minimum absolute atomic E-state index is 0.0886. The van der Waals surface area contributed by atoms with Gasteiger partial charge in [-0.3, -0.25) is 10.1 Å². The van der Waals surface area contributed by atoms with Crippen molar-refractivity contribution in [1.82, 2.24) is 10.3 Å². The molecule has 8 heteroatoms. The molecule has 1 aromatic heterocycles. The normalized spacial score (nSPS) is 10.3. The van der Waals surface area contributed by atoms with E-state index in [2.05, 4.69) is 11.9 Å². The number of aromatic nitrogens is 1. The highest BCUT2D eigenvalue weighted by molar-refractivity contribution is 5.93. The predicted molar refractivity (Wildman–Crippen MR) is 108 cm³/mol. The van der Waals surface area contributed by atoms with E-state index >= 15 is 0 Å². The Labute approximate surface area is 170 Å². The fourth-order valence-electron chi connectivity index (χ4n) is 2.45. The summed E-state index contributed by atoms with van der Waals surface area (Å²) in [4.78, 5) is 27.2. The molecule has 3 N–H and O–H groups in total. The molecule has 0 atom stereocenters. The number of carbonyl (C=O) groups is 2. The first-order valence-electron chi connectivity index (χ1n) is 9.64. The summed E-state index contributed by atoms with van der Waals surface area (Å²) in [5.74, 6) is -0.137. The summed E-state index contributed by atoms with van der Waals surface area (Å²) < 4.78 is 16.8. The van der Waals surface area contributed by atoms with Gasteiger partial charge < -0.3 is 19.9 Å². The first-order chi connectivity index (χ1) is 14.1. The molecule has 0 aliphatic rings. The molecule has 0 aliphatic heterocycles. The highest BCUT2D eigenvalue weighted by Crippen LogP contribution is 2.36. The second-order valence-corrected chi connectivity index (χ2v) is 6.27. The molecule has 0 spiro atoms. The van der Waals surface area contributed by atoms with E-state index in [0.29, 0.717) is 12.4 Å². The molecule has 156 valence electrons. The molecule has 2 rings (SSSR count). The van der Waals surface area contributed by atoms with E-state index in [-0.39, 0.29) is 24.8 Å². The maximum atomic E-state index is 11.9. The van der Waals surface area contributed by atoms with Crippen molar-refractivity contribution in [3.8, 4) is 17.4 Å². The lowest BCUT2D eigenvalue weighted by atomic mass is 10.2. The number of pyridine rings is 1. The van der Waals surface area contributed by atoms with Crippen LogP contribution in [0, 0.1) is 0 Å². The third kappa shape index (κ3) is 7.79. The fraction of sp³-hybridized carbons (Fsp3) is 0.381. The van der Waals surface area contributed by atoms with Crippen LogP contribution in [0.3, 0.4) is 0 Å². The Hall–Kier alpha value is -3.13. The van der Waals surface area contributed by atoms with Crippen molar-refractivity contribution in [1.29, 1.82) is 0 Å². The Bertz CT molecular complexity index is 783. The van der Waals surface area contributed by atoms with E-state index in [9.17, 15) is 9.59 Å². The van der Waals surface area contributed by atoms with Gasteiger partial charge >= 0.3 is 6.09 Å². The number of carbonyl (C=O) groups excluding carboxylic acids is 2. The summed E-state index contributed by atoms with van der Waals surface area (Å²) in [5.41, 5.74) is 6.12. The van der Waals surface area contributed by atoms with Crippen LogP contribution in [0.2, 0.25) is 0 Å². The van der Waals surface area contributed by atoms with Gasteiger partial charge in [0.2, 0.25) is 11.7 Å². The Morgan fingerprint density at radius 2 is 1.86 bits per heavy atom. The van der Waals surface area contributed by atoms with Gasteiger partial charge in [0, 0.05) is 12.3 Å². The van der Waals surface area contributed by atoms with Crippen LogP contribution in [0.1, 0.15) is 38.2 Å². The molecule has 0 bridgehead atoms. The first-order valence-corrected chi connectivity index (χ1v) is 9.64. The largest absolute Gasteiger partial charge is 0.489 e. The number of unbranched alkanes of at least 4 members (excludes halogenated alkanes) is 3. The number of imide groups is 1. The van der Waals surface area contributed by atoms with Crippen LogP contribution in [0.5, 0.6) is 17.4 Å². The lowest BCUT2D eigenvalue weighted by Gasteiger charge is -2.15. The SMILES string of the molecule is CCCCCCOc1ccnc(OC(=O)NC(=O)CN)c1OCc1ccccc1. The average molecular weight is 401 g/mol. The third-order valence-electron chi connectivity index (χ3n) is 3.93. The summed E-state index contributed by atoms with van der Waals surface area (Å²) >= 11 is 0. The molecule has 1 aromatic carbocycles. The number of rotatable bonds is 11. The van der Waals surface area contributed by atoms with Gasteiger partial charge in [-0.1, -0.05) is 56.5 Å². The number of ether oxygens (including phenoxy) is 3. The van der Waals surface area contributed by atoms with E-state index < -0.39 is 12.0 Å². The van der Waals surface area contributed by atoms with E-state index in [0.717, 1.165) is 31.2 Å². The number of hydrogen-bond donors (Lipinski definition) is 2. The van der Waals surface area contributed by atoms with Gasteiger partial charge in [0.25, 0.3) is 5.88 Å². The number of nitrogens with two attached hydrogens (primary N) is 1. The molecular formula is C21H27N3O5. The fourth-order valence-corrected chi connectivity index (χ4v) is 2.45. The van der Waals surface area contributed by atoms with Gasteiger partial charge in [0.15, 0.2) is 5.75 Å². The molecule has 0 radical (unpaired) electrons. The zero-order chi connectivity index (χ0) is 20.9. The van der Waals surface area contributed by atoms with Crippen LogP contribution in [-0.2, 0) is 11.4 Å². The van der Waals surface area contributed by atoms with Gasteiger partial charge in [-0.05, 0) is 12.0 Å². The zero-order valence-corrected chi connectivity index (χ0v) is 16.6. The van der Waals surface area contributed by atoms with Gasteiger partial charge in [-0.25, -0.2) is 9.78 Å². The van der Waals surface area contributed by atoms with Crippen LogP contribution in [0.4, 0.5) is 4.79 Å². The van der Waals surface area contributed by atoms with Crippen molar-refractivity contribution in [3.63, 3.8) is 0 Å². The second kappa shape index (κ2) is 12.4. The molecule has 0 saturated carbocycles. The Morgan fingerprint density at radius 3 is 2.59 bits per heavy atom. The van der Waals surface area contributed by atoms with Crippen molar-refractivity contribution < 1.29 is 23.8 Å². The monoisotopic (exact) mass is 401 g/mol. The van der Waals surface area contributed by atoms with Crippen molar-refractivity contribution in [2.45, 2.75) is 39.2 Å². The van der Waals surface area contributed by atoms with E-state index in [1.54, 1.807) is 6.07 Å². The average Bonchev–Trinajstić information content (AvgIpc) is 2.73. The smallest absolute Gasteiger partial charge is 0.420 e. The van der Waals surface area contributed by atoms with Crippen LogP contribution >= 0.6 is 0 Å². The molecule has 0 aliphatic carbocycles. The molecule has 29 heavy (non-hydrogen) atoms. The van der Waals surface area contributed by atoms with Crippen molar-refractivity contribution in [2.75, 3.05) is 13.2 Å². The summed E-state index contributed by atoms with van der Waals surface area (Å²) in [5, 5.41) is 2.00. The second-order valence-electron chi connectivity index (χ2n) is 6.27. The van der Waals surface area contributed by atoms with Crippen LogP contribution in [0.15, 0.2) is 42.6 Å². The summed E-state index contributed by atoms with van der Waals surface area (Å²) in [7, 11) is 0. The molecule has 1 heterocycles. The maximum absolute atomic E-state index is 11.9. The predicted octanol–water partition coefficient (Wildman–Crippen LogP) is 3.19. The maximum Gasteiger partial charge on any atom is 0.420 e. The standard InChI is InChI=1S/C21H27N3O5/c1-2-3-4-8-13-27-17-11-12-23-20(29-21(26)24-18(25)14-22)19(17)28-15-16-9-6-5-7-10-16/h5-7,9-12H,2-4,8,13-15,22H2,1H3,(H,24,25,26). The lowest BCUT2D eigenvalue weighted by Crippen LogP contribution is -2.37. The van der Waals surface area contributed by atoms with Crippen LogP contribution in [0.25, 0.3) is 0 Å². The number of nitrogens with zero attached hydrogens (tertiary/aromatic N) is 1. The number of nitrogens with one attached hydrogen (secondary N) is 1. The molecule has 8 nitrogen and oxygen atoms in total. The number of amides is 2. The highest BCUT2D eigenvalue weighted by Gasteiger charge is 2.19. The lowest BCUT2D eigenvalue weighted by molar-refractivity contribution is -0.118. The molecular weight excluding hydrogens is 374 g/mol. The van der Waals surface area contributed by atoms with Gasteiger partial charge in [-0.15, -0.1) is 0 Å². The van der Waals surface area contributed by atoms with Crippen molar-refractivity contribution in [3.05, 3.63) is 48.2 Å². The summed E-state index contributed by atoms with van der Waals surface area (Å²) in [6.45, 7) is 2.55. The van der Waals surface area contributed by atoms with Crippen molar-refractivity contribution in [2.24, 2.45) is 5.73 Å². The van der Waals surface area contributed by atoms with Gasteiger partial charge in [-0.2, -0.15) is 0 Å². The number of benzene rings is 1. The molecule has 0 saturated heterocycles. The summed E-state index contributed by atoms with van der Waals surface area (Å²) in [6, 6.07) is 11.2. The van der Waals surface area contributed by atoms with E-state index in [1.807, 2.05) is 35.6 Å². The number of hydrogen-bond acceptors (Lipinski definition) is 7. The minimum atomic E-state index is -0.988. The van der Waals surface area contributed by atoms with E-state index in [1.165, 1.54) is 6.20 Å². The molecule has 2 amide bonds. The molecule has 2 aromatic rings. The quantitative estimate of drug-likeness (QED) is 0.556. The van der Waals surface area contributed by atoms with Crippen LogP contribution < -0.4 is 25.3 Å². The third-order valence-corrected chi connectivity index (χ3v) is 3.93. The van der Waals surface area contributed by atoms with Gasteiger partial charge in [0.1, 0.15) is 6.61 Å². The Morgan fingerprint density at radius 1 is 1.07 bits per heavy atom. The topological polar surface area (TPSA) is 113 Å². The van der Waals surface area contributed by atoms with Crippen molar-refractivity contribution >= 4 is 12.0 Å². The Kier molecular flexibility index (Phi) is 9.44. The zero-order valence-electron chi connectivity index (χ0n) is 16.6. The molecule has 0 fully saturated rings. The first kappa shape index (κ1) is 22.2.